The molecule has 1 aromatic rings. The van der Waals surface area contributed by atoms with E-state index < -0.39 is 0 Å². The summed E-state index contributed by atoms with van der Waals surface area (Å²) in [6.45, 7) is 2.17. The van der Waals surface area contributed by atoms with Crippen molar-refractivity contribution in [1.82, 2.24) is 10.6 Å². The van der Waals surface area contributed by atoms with Gasteiger partial charge in [0.15, 0.2) is 0 Å². The van der Waals surface area contributed by atoms with Crippen LogP contribution in [-0.2, 0) is 0 Å². The zero-order valence-electron chi connectivity index (χ0n) is 15.6. The van der Waals surface area contributed by atoms with Crippen molar-refractivity contribution < 1.29 is 0 Å². The summed E-state index contributed by atoms with van der Waals surface area (Å²) < 4.78 is 0. The first-order chi connectivity index (χ1) is 12.9. The van der Waals surface area contributed by atoms with E-state index in [1.54, 1.807) is 0 Å². The van der Waals surface area contributed by atoms with E-state index in [1.165, 1.54) is 62.5 Å². The van der Waals surface area contributed by atoms with Crippen molar-refractivity contribution in [2.24, 2.45) is 21.8 Å². The van der Waals surface area contributed by atoms with Crippen LogP contribution in [0.25, 0.3) is 0 Å². The van der Waals surface area contributed by atoms with Crippen molar-refractivity contribution in [3.05, 3.63) is 35.4 Å². The number of hydrogen-bond donors (Lipinski definition) is 2. The van der Waals surface area contributed by atoms with Crippen LogP contribution in [0.1, 0.15) is 62.5 Å². The van der Waals surface area contributed by atoms with Crippen molar-refractivity contribution in [3.8, 4) is 0 Å². The molecule has 0 bridgehead atoms. The number of aliphatic imine (C=N–C) groups is 2. The van der Waals surface area contributed by atoms with Crippen LogP contribution < -0.4 is 10.6 Å². The van der Waals surface area contributed by atoms with Crippen molar-refractivity contribution in [1.29, 1.82) is 0 Å². The second kappa shape index (κ2) is 7.05. The van der Waals surface area contributed by atoms with E-state index in [-0.39, 0.29) is 0 Å². The molecule has 0 spiro atoms. The van der Waals surface area contributed by atoms with Gasteiger partial charge in [0.05, 0.1) is 12.1 Å². The molecule has 0 amide bonds. The van der Waals surface area contributed by atoms with Crippen molar-refractivity contribution in [3.63, 3.8) is 0 Å². The van der Waals surface area contributed by atoms with Crippen LogP contribution in [0, 0.1) is 11.8 Å². The van der Waals surface area contributed by atoms with Gasteiger partial charge in [-0.05, 0) is 37.5 Å². The lowest BCUT2D eigenvalue weighted by atomic mass is 9.83. The zero-order chi connectivity index (χ0) is 17.3. The van der Waals surface area contributed by atoms with Crippen LogP contribution in [-0.4, -0.2) is 36.8 Å². The Morgan fingerprint density at radius 2 is 1.04 bits per heavy atom. The van der Waals surface area contributed by atoms with E-state index in [1.807, 2.05) is 0 Å². The summed E-state index contributed by atoms with van der Waals surface area (Å²) >= 11 is 0. The summed E-state index contributed by atoms with van der Waals surface area (Å²) in [5.41, 5.74) is 2.43. The van der Waals surface area contributed by atoms with E-state index in [9.17, 15) is 0 Å². The quantitative estimate of drug-likeness (QED) is 0.857. The van der Waals surface area contributed by atoms with E-state index in [0.717, 1.165) is 36.6 Å². The third-order valence-electron chi connectivity index (χ3n) is 6.82. The molecule has 2 aliphatic heterocycles. The minimum Gasteiger partial charge on any atom is -0.370 e. The molecule has 26 heavy (non-hydrogen) atoms. The summed E-state index contributed by atoms with van der Waals surface area (Å²) in [6, 6.07) is 9.91. The predicted octanol–water partition coefficient (Wildman–Crippen LogP) is 3.50. The maximum absolute atomic E-state index is 5.03. The van der Waals surface area contributed by atoms with Crippen LogP contribution in [0.2, 0.25) is 0 Å². The van der Waals surface area contributed by atoms with Crippen molar-refractivity contribution in [2.45, 2.75) is 63.5 Å². The van der Waals surface area contributed by atoms with Gasteiger partial charge in [-0.15, -0.1) is 0 Å². The van der Waals surface area contributed by atoms with E-state index in [4.69, 9.17) is 9.98 Å². The van der Waals surface area contributed by atoms with Crippen LogP contribution in [0.15, 0.2) is 34.3 Å². The largest absolute Gasteiger partial charge is 0.370 e. The van der Waals surface area contributed by atoms with Gasteiger partial charge in [-0.3, -0.25) is 9.98 Å². The van der Waals surface area contributed by atoms with Gasteiger partial charge in [0, 0.05) is 24.2 Å². The highest BCUT2D eigenvalue weighted by Gasteiger charge is 2.30. The Balaban J connectivity index is 1.33. The van der Waals surface area contributed by atoms with Gasteiger partial charge in [-0.2, -0.15) is 0 Å². The molecule has 5 rings (SSSR count). The highest BCUT2D eigenvalue weighted by atomic mass is 15.1. The van der Waals surface area contributed by atoms with Crippen LogP contribution in [0.5, 0.6) is 0 Å². The summed E-state index contributed by atoms with van der Waals surface area (Å²) in [5.74, 6) is 3.67. The third kappa shape index (κ3) is 3.15. The first-order valence-electron chi connectivity index (χ1n) is 10.6. The highest BCUT2D eigenvalue weighted by Crippen LogP contribution is 2.30. The molecule has 1 aromatic carbocycles. The predicted molar refractivity (Wildman–Crippen MR) is 107 cm³/mol. The maximum Gasteiger partial charge on any atom is 0.128 e. The van der Waals surface area contributed by atoms with Gasteiger partial charge >= 0.3 is 0 Å². The summed E-state index contributed by atoms with van der Waals surface area (Å²) in [4.78, 5) is 10.1. The minimum absolute atomic E-state index is 0.535. The normalized spacial score (nSPS) is 33.7. The molecule has 2 heterocycles. The molecule has 2 fully saturated rings. The van der Waals surface area contributed by atoms with Crippen LogP contribution in [0.4, 0.5) is 0 Å². The summed E-state index contributed by atoms with van der Waals surface area (Å²) in [6.07, 6.45) is 10.6. The molecule has 138 valence electrons. The topological polar surface area (TPSA) is 48.8 Å². The first kappa shape index (κ1) is 16.3. The smallest absolute Gasteiger partial charge is 0.128 e. The number of fused-ring (bicyclic) bond motifs is 2. The average molecular weight is 351 g/mol. The third-order valence-corrected chi connectivity index (χ3v) is 6.82. The molecular formula is C22H30N4. The fraction of sp³-hybridized carbons (Fsp3) is 0.636. The molecule has 0 saturated heterocycles. The maximum atomic E-state index is 5.03. The standard InChI is InChI=1S/C22H30N4/c1-3-7-19-17(5-1)13-23-21(25-19)15-9-11-16(12-10-15)22-24-14-18-6-2-4-8-20(18)26-22/h9-12,17-20H,1-8,13-14H2,(H,23,25)(H,24,26)/t17-,18-,19-,20-/m0/s1. The van der Waals surface area contributed by atoms with E-state index in [2.05, 4.69) is 34.9 Å². The summed E-state index contributed by atoms with van der Waals surface area (Å²) in [5, 5.41) is 7.15. The molecule has 4 nitrogen and oxygen atoms in total. The molecule has 0 unspecified atom stereocenters. The number of amidine groups is 2. The van der Waals surface area contributed by atoms with Gasteiger partial charge in [-0.25, -0.2) is 0 Å². The lowest BCUT2D eigenvalue weighted by Gasteiger charge is -2.34. The molecule has 4 atom stereocenters. The van der Waals surface area contributed by atoms with Crippen molar-refractivity contribution in [2.75, 3.05) is 13.1 Å². The monoisotopic (exact) mass is 350 g/mol. The first-order valence-corrected chi connectivity index (χ1v) is 10.6. The average Bonchev–Trinajstić information content (AvgIpc) is 2.73. The fourth-order valence-corrected chi connectivity index (χ4v) is 5.21. The molecule has 2 aliphatic carbocycles. The van der Waals surface area contributed by atoms with Crippen LogP contribution in [0.3, 0.4) is 0 Å². The fourth-order valence-electron chi connectivity index (χ4n) is 5.21. The SMILES string of the molecule is c1cc(C2=N[C@H]3CCCC[C@H]3CN2)ccc1C1=N[C@H]2CCCC[C@H]2CN1. The Morgan fingerprint density at radius 1 is 0.615 bits per heavy atom. The zero-order valence-corrected chi connectivity index (χ0v) is 15.6. The van der Waals surface area contributed by atoms with Crippen LogP contribution >= 0.6 is 0 Å². The van der Waals surface area contributed by atoms with E-state index >= 15 is 0 Å². The highest BCUT2D eigenvalue weighted by molar-refractivity contribution is 6.02. The lowest BCUT2D eigenvalue weighted by Crippen LogP contribution is -2.43. The second-order valence-electron chi connectivity index (χ2n) is 8.52. The summed E-state index contributed by atoms with van der Waals surface area (Å²) in [7, 11) is 0. The Hall–Kier alpha value is -1.84. The molecule has 4 heteroatoms. The van der Waals surface area contributed by atoms with Gasteiger partial charge in [0.2, 0.25) is 0 Å². The molecule has 0 aromatic heterocycles. The van der Waals surface area contributed by atoms with Gasteiger partial charge in [0.1, 0.15) is 11.7 Å². The van der Waals surface area contributed by atoms with Gasteiger partial charge in [-0.1, -0.05) is 49.9 Å². The molecule has 2 saturated carbocycles. The molecule has 0 radical (unpaired) electrons. The lowest BCUT2D eigenvalue weighted by molar-refractivity contribution is 0.297. The number of hydrogen-bond acceptors (Lipinski definition) is 4. The minimum atomic E-state index is 0.535. The number of nitrogens with one attached hydrogen (secondary N) is 2. The van der Waals surface area contributed by atoms with Gasteiger partial charge in [0.25, 0.3) is 0 Å². The Kier molecular flexibility index (Phi) is 4.43. The van der Waals surface area contributed by atoms with Gasteiger partial charge < -0.3 is 10.6 Å². The number of rotatable bonds is 2. The number of nitrogens with zero attached hydrogens (tertiary/aromatic N) is 2. The molecular weight excluding hydrogens is 320 g/mol. The van der Waals surface area contributed by atoms with Crippen molar-refractivity contribution >= 4 is 11.7 Å². The van der Waals surface area contributed by atoms with E-state index in [0.29, 0.717) is 12.1 Å². The number of benzene rings is 1. The second-order valence-corrected chi connectivity index (χ2v) is 8.52. The molecule has 2 N–H and O–H groups in total. The Labute approximate surface area is 156 Å². The Morgan fingerprint density at radius 3 is 1.50 bits per heavy atom. The Bertz CT molecular complexity index is 644. The molecule has 4 aliphatic rings.